The molecule has 5 heteroatoms. The van der Waals surface area contributed by atoms with E-state index in [1.54, 1.807) is 7.05 Å². The first-order valence-corrected chi connectivity index (χ1v) is 7.74. The summed E-state index contributed by atoms with van der Waals surface area (Å²) in [5, 5.41) is 15.0. The van der Waals surface area contributed by atoms with Crippen molar-refractivity contribution in [3.8, 4) is 0 Å². The minimum Gasteiger partial charge on any atom is -0.396 e. The second kappa shape index (κ2) is 6.03. The zero-order valence-corrected chi connectivity index (χ0v) is 12.4. The Kier molecular flexibility index (Phi) is 4.12. The topological polar surface area (TPSA) is 64.6 Å². The van der Waals surface area contributed by atoms with E-state index in [2.05, 4.69) is 27.7 Å². The molecule has 1 aromatic rings. The maximum absolute atomic E-state index is 11.9. The lowest BCUT2D eigenvalue weighted by molar-refractivity contribution is -0.117. The van der Waals surface area contributed by atoms with Crippen LogP contribution in [0.15, 0.2) is 18.2 Å². The highest BCUT2D eigenvalue weighted by molar-refractivity contribution is 6.03. The summed E-state index contributed by atoms with van der Waals surface area (Å²) in [5.74, 6) is 0.0166. The summed E-state index contributed by atoms with van der Waals surface area (Å²) in [4.78, 5) is 14.3. The van der Waals surface area contributed by atoms with Crippen LogP contribution < -0.4 is 15.5 Å². The first kappa shape index (κ1) is 14.4. The number of rotatable bonds is 5. The Morgan fingerprint density at radius 1 is 1.48 bits per heavy atom. The van der Waals surface area contributed by atoms with Crippen molar-refractivity contribution in [1.29, 1.82) is 0 Å². The Labute approximate surface area is 125 Å². The van der Waals surface area contributed by atoms with E-state index in [4.69, 9.17) is 5.11 Å². The third kappa shape index (κ3) is 2.63. The van der Waals surface area contributed by atoms with Gasteiger partial charge in [-0.3, -0.25) is 4.79 Å². The standard InChI is InChI=1S/C16H23N3O2/c1-17-15-13-7-6-12(10-14(13)18-16(15)21)19-8-2-4-11(19)5-3-9-20/h6-7,10-11,15,17,20H,2-5,8-9H2,1H3,(H,18,21). The number of nitrogens with zero attached hydrogens (tertiary/aromatic N) is 1. The molecule has 114 valence electrons. The van der Waals surface area contributed by atoms with E-state index in [9.17, 15) is 4.79 Å². The van der Waals surface area contributed by atoms with E-state index in [-0.39, 0.29) is 18.6 Å². The number of likely N-dealkylation sites (N-methyl/N-ethyl adjacent to an activating group) is 1. The SMILES string of the molecule is CNC1C(=O)Nc2cc(N3CCCC3CCCO)ccc21. The smallest absolute Gasteiger partial charge is 0.246 e. The van der Waals surface area contributed by atoms with Crippen molar-refractivity contribution in [1.82, 2.24) is 5.32 Å². The normalized spacial score (nSPS) is 24.3. The minimum absolute atomic E-state index is 0.0166. The number of hydrogen-bond acceptors (Lipinski definition) is 4. The zero-order valence-electron chi connectivity index (χ0n) is 12.4. The maximum Gasteiger partial charge on any atom is 0.246 e. The van der Waals surface area contributed by atoms with Gasteiger partial charge in [0.15, 0.2) is 0 Å². The molecule has 2 unspecified atom stereocenters. The number of aliphatic hydroxyl groups is 1. The molecule has 1 aromatic carbocycles. The van der Waals surface area contributed by atoms with Gasteiger partial charge in [-0.05, 0) is 44.9 Å². The molecule has 0 spiro atoms. The van der Waals surface area contributed by atoms with E-state index in [1.165, 1.54) is 18.5 Å². The lowest BCUT2D eigenvalue weighted by atomic mass is 10.1. The third-order valence-corrected chi connectivity index (χ3v) is 4.56. The first-order valence-electron chi connectivity index (χ1n) is 7.74. The van der Waals surface area contributed by atoms with Crippen LogP contribution in [0.3, 0.4) is 0 Å². The van der Waals surface area contributed by atoms with E-state index in [0.29, 0.717) is 6.04 Å². The average molecular weight is 289 g/mol. The molecular formula is C16H23N3O2. The fraction of sp³-hybridized carbons (Fsp3) is 0.562. The van der Waals surface area contributed by atoms with E-state index < -0.39 is 0 Å². The maximum atomic E-state index is 11.9. The second-order valence-corrected chi connectivity index (χ2v) is 5.84. The molecule has 5 nitrogen and oxygen atoms in total. The fourth-order valence-corrected chi connectivity index (χ4v) is 3.52. The van der Waals surface area contributed by atoms with E-state index >= 15 is 0 Å². The Hall–Kier alpha value is -1.59. The van der Waals surface area contributed by atoms with E-state index in [1.807, 2.05) is 6.07 Å². The number of hydrogen-bond donors (Lipinski definition) is 3. The molecule has 3 N–H and O–H groups in total. The Bertz CT molecular complexity index is 532. The van der Waals surface area contributed by atoms with Gasteiger partial charge in [-0.25, -0.2) is 0 Å². The minimum atomic E-state index is -0.238. The van der Waals surface area contributed by atoms with Crippen LogP contribution >= 0.6 is 0 Å². The second-order valence-electron chi connectivity index (χ2n) is 5.84. The van der Waals surface area contributed by atoms with Crippen molar-refractivity contribution in [3.05, 3.63) is 23.8 Å². The van der Waals surface area contributed by atoms with Crippen LogP contribution in [0.1, 0.15) is 37.3 Å². The van der Waals surface area contributed by atoms with Crippen LogP contribution in [0.4, 0.5) is 11.4 Å². The predicted molar refractivity (Wildman–Crippen MR) is 83.6 cm³/mol. The van der Waals surface area contributed by atoms with Crippen molar-refractivity contribution >= 4 is 17.3 Å². The number of fused-ring (bicyclic) bond motifs is 1. The molecule has 3 rings (SSSR count). The van der Waals surface area contributed by atoms with Crippen molar-refractivity contribution in [2.75, 3.05) is 30.4 Å². The number of anilines is 2. The summed E-state index contributed by atoms with van der Waals surface area (Å²) in [7, 11) is 1.80. The quantitative estimate of drug-likeness (QED) is 0.771. The van der Waals surface area contributed by atoms with Crippen LogP contribution in [0.2, 0.25) is 0 Å². The largest absolute Gasteiger partial charge is 0.396 e. The number of aliphatic hydroxyl groups excluding tert-OH is 1. The number of amides is 1. The highest BCUT2D eigenvalue weighted by Gasteiger charge is 2.31. The molecule has 2 atom stereocenters. The molecule has 0 saturated carbocycles. The van der Waals surface area contributed by atoms with Crippen LogP contribution in [0, 0.1) is 0 Å². The van der Waals surface area contributed by atoms with Crippen molar-refractivity contribution < 1.29 is 9.90 Å². The van der Waals surface area contributed by atoms with Crippen LogP contribution in [-0.2, 0) is 4.79 Å². The fourth-order valence-electron chi connectivity index (χ4n) is 3.52. The lowest BCUT2D eigenvalue weighted by Gasteiger charge is -2.27. The molecule has 2 aliphatic rings. The van der Waals surface area contributed by atoms with Gasteiger partial charge in [0.2, 0.25) is 5.91 Å². The van der Waals surface area contributed by atoms with Crippen LogP contribution in [-0.4, -0.2) is 37.3 Å². The van der Waals surface area contributed by atoms with Gasteiger partial charge in [-0.15, -0.1) is 0 Å². The summed E-state index contributed by atoms with van der Waals surface area (Å²) in [6.45, 7) is 1.31. The highest BCUT2D eigenvalue weighted by atomic mass is 16.3. The van der Waals surface area contributed by atoms with Gasteiger partial charge in [0, 0.05) is 36.1 Å². The van der Waals surface area contributed by atoms with Crippen LogP contribution in [0.5, 0.6) is 0 Å². The molecule has 1 fully saturated rings. The van der Waals surface area contributed by atoms with Gasteiger partial charge < -0.3 is 20.6 Å². The summed E-state index contributed by atoms with van der Waals surface area (Å²) in [5.41, 5.74) is 3.12. The monoisotopic (exact) mass is 289 g/mol. The molecule has 2 heterocycles. The molecule has 0 bridgehead atoms. The summed E-state index contributed by atoms with van der Waals surface area (Å²) < 4.78 is 0. The van der Waals surface area contributed by atoms with Gasteiger partial charge in [-0.2, -0.15) is 0 Å². The molecule has 1 amide bonds. The van der Waals surface area contributed by atoms with Crippen molar-refractivity contribution in [2.24, 2.45) is 0 Å². The number of benzene rings is 1. The Morgan fingerprint density at radius 3 is 3.10 bits per heavy atom. The van der Waals surface area contributed by atoms with Crippen molar-refractivity contribution in [2.45, 2.75) is 37.8 Å². The van der Waals surface area contributed by atoms with Gasteiger partial charge >= 0.3 is 0 Å². The number of nitrogens with one attached hydrogen (secondary N) is 2. The summed E-state index contributed by atoms with van der Waals surface area (Å²) >= 11 is 0. The molecule has 0 aliphatic carbocycles. The molecule has 0 aromatic heterocycles. The molecule has 21 heavy (non-hydrogen) atoms. The molecule has 1 saturated heterocycles. The first-order chi connectivity index (χ1) is 10.2. The summed E-state index contributed by atoms with van der Waals surface area (Å²) in [6.07, 6.45) is 4.25. The summed E-state index contributed by atoms with van der Waals surface area (Å²) in [6, 6.07) is 6.51. The van der Waals surface area contributed by atoms with Crippen LogP contribution in [0.25, 0.3) is 0 Å². The van der Waals surface area contributed by atoms with Gasteiger partial charge in [0.1, 0.15) is 6.04 Å². The molecule has 2 aliphatic heterocycles. The number of carbonyl (C=O) groups excluding carboxylic acids is 1. The van der Waals surface area contributed by atoms with E-state index in [0.717, 1.165) is 30.6 Å². The van der Waals surface area contributed by atoms with Crippen molar-refractivity contribution in [3.63, 3.8) is 0 Å². The molecular weight excluding hydrogens is 266 g/mol. The predicted octanol–water partition coefficient (Wildman–Crippen LogP) is 1.64. The highest BCUT2D eigenvalue weighted by Crippen LogP contribution is 2.36. The van der Waals surface area contributed by atoms with Gasteiger partial charge in [-0.1, -0.05) is 6.07 Å². The number of carbonyl (C=O) groups is 1. The zero-order chi connectivity index (χ0) is 14.8. The van der Waals surface area contributed by atoms with Gasteiger partial charge in [0.05, 0.1) is 0 Å². The lowest BCUT2D eigenvalue weighted by Crippen LogP contribution is -2.29. The third-order valence-electron chi connectivity index (χ3n) is 4.56. The average Bonchev–Trinajstić information content (AvgIpc) is 3.07. The van der Waals surface area contributed by atoms with Gasteiger partial charge in [0.25, 0.3) is 0 Å². The Morgan fingerprint density at radius 2 is 2.33 bits per heavy atom. The Balaban J connectivity index is 1.81. The molecule has 0 radical (unpaired) electrons.